The molecule has 128 valence electrons. The van der Waals surface area contributed by atoms with E-state index < -0.39 is 0 Å². The van der Waals surface area contributed by atoms with Crippen LogP contribution in [-0.4, -0.2) is 32.6 Å². The molecule has 0 spiro atoms. The second-order valence-electron chi connectivity index (χ2n) is 6.67. The standard InChI is InChI=1S/C19H25N3O2/c1-21(16-8-3-2-4-9-16)13-17-11-18(23)19(24)14-22(17)12-15-7-5-6-10-20-15/h5-7,10-11,14,16,24H,2-4,8-9,12-13H2,1H3. The molecule has 0 aliphatic heterocycles. The molecule has 2 aromatic heterocycles. The maximum Gasteiger partial charge on any atom is 0.223 e. The Bertz CT molecular complexity index is 721. The van der Waals surface area contributed by atoms with E-state index in [-0.39, 0.29) is 11.2 Å². The van der Waals surface area contributed by atoms with Gasteiger partial charge in [-0.05, 0) is 32.0 Å². The number of aromatic nitrogens is 2. The molecule has 0 radical (unpaired) electrons. The molecule has 0 bridgehead atoms. The second kappa shape index (κ2) is 7.62. The molecule has 0 atom stereocenters. The number of hydrogen-bond donors (Lipinski definition) is 1. The Morgan fingerprint density at radius 3 is 2.79 bits per heavy atom. The van der Waals surface area contributed by atoms with E-state index in [9.17, 15) is 9.90 Å². The summed E-state index contributed by atoms with van der Waals surface area (Å²) < 4.78 is 1.93. The van der Waals surface area contributed by atoms with Gasteiger partial charge in [-0.15, -0.1) is 0 Å². The summed E-state index contributed by atoms with van der Waals surface area (Å²) in [6, 6.07) is 7.90. The summed E-state index contributed by atoms with van der Waals surface area (Å²) in [5, 5.41) is 9.82. The van der Waals surface area contributed by atoms with Gasteiger partial charge >= 0.3 is 0 Å². The van der Waals surface area contributed by atoms with Gasteiger partial charge in [-0.1, -0.05) is 25.3 Å². The fraction of sp³-hybridized carbons (Fsp3) is 0.474. The Labute approximate surface area is 142 Å². The van der Waals surface area contributed by atoms with Crippen molar-refractivity contribution in [2.75, 3.05) is 7.05 Å². The highest BCUT2D eigenvalue weighted by atomic mass is 16.3. The van der Waals surface area contributed by atoms with E-state index in [2.05, 4.69) is 16.9 Å². The largest absolute Gasteiger partial charge is 0.503 e. The normalized spacial score (nSPS) is 15.8. The summed E-state index contributed by atoms with van der Waals surface area (Å²) in [6.07, 6.45) is 9.62. The number of pyridine rings is 2. The van der Waals surface area contributed by atoms with Crippen LogP contribution < -0.4 is 5.43 Å². The van der Waals surface area contributed by atoms with Crippen LogP contribution >= 0.6 is 0 Å². The highest BCUT2D eigenvalue weighted by molar-refractivity contribution is 5.21. The third-order valence-corrected chi connectivity index (χ3v) is 4.87. The Hall–Kier alpha value is -2.14. The van der Waals surface area contributed by atoms with E-state index in [4.69, 9.17) is 0 Å². The minimum atomic E-state index is -0.320. The average Bonchev–Trinajstić information content (AvgIpc) is 2.61. The molecule has 2 heterocycles. The molecule has 1 fully saturated rings. The molecule has 3 rings (SSSR count). The van der Waals surface area contributed by atoms with Gasteiger partial charge in [0.15, 0.2) is 5.75 Å². The number of nitrogens with zero attached hydrogens (tertiary/aromatic N) is 3. The van der Waals surface area contributed by atoms with E-state index >= 15 is 0 Å². The SMILES string of the molecule is CN(Cc1cc(=O)c(O)cn1Cc1ccccn1)C1CCCCC1. The van der Waals surface area contributed by atoms with Crippen molar-refractivity contribution < 1.29 is 5.11 Å². The summed E-state index contributed by atoms with van der Waals surface area (Å²) in [6.45, 7) is 1.25. The van der Waals surface area contributed by atoms with Gasteiger partial charge in [-0.25, -0.2) is 0 Å². The lowest BCUT2D eigenvalue weighted by Gasteiger charge is -2.31. The summed E-state index contributed by atoms with van der Waals surface area (Å²) in [5.41, 5.74) is 1.50. The zero-order valence-corrected chi connectivity index (χ0v) is 14.2. The topological polar surface area (TPSA) is 58.4 Å². The van der Waals surface area contributed by atoms with Gasteiger partial charge in [0.1, 0.15) is 0 Å². The average molecular weight is 327 g/mol. The Morgan fingerprint density at radius 2 is 2.08 bits per heavy atom. The van der Waals surface area contributed by atoms with E-state index in [1.165, 1.54) is 38.3 Å². The van der Waals surface area contributed by atoms with E-state index in [0.29, 0.717) is 19.1 Å². The first kappa shape index (κ1) is 16.7. The molecule has 0 amide bonds. The maximum absolute atomic E-state index is 11.9. The van der Waals surface area contributed by atoms with Crippen LogP contribution in [0.15, 0.2) is 41.5 Å². The molecule has 1 aliphatic rings. The minimum absolute atomic E-state index is 0.213. The number of rotatable bonds is 5. The maximum atomic E-state index is 11.9. The van der Waals surface area contributed by atoms with E-state index in [1.54, 1.807) is 12.3 Å². The zero-order chi connectivity index (χ0) is 16.9. The molecule has 1 saturated carbocycles. The lowest BCUT2D eigenvalue weighted by Crippen LogP contribution is -2.34. The molecule has 1 aliphatic carbocycles. The Balaban J connectivity index is 1.82. The molecule has 0 saturated heterocycles. The lowest BCUT2D eigenvalue weighted by atomic mass is 9.94. The first-order valence-electron chi connectivity index (χ1n) is 8.66. The predicted molar refractivity (Wildman–Crippen MR) is 94.0 cm³/mol. The van der Waals surface area contributed by atoms with Gasteiger partial charge in [0, 0.05) is 30.5 Å². The van der Waals surface area contributed by atoms with Gasteiger partial charge in [-0.2, -0.15) is 0 Å². The summed E-state index contributed by atoms with van der Waals surface area (Å²) >= 11 is 0. The van der Waals surface area contributed by atoms with Crippen LogP contribution in [0.3, 0.4) is 0 Å². The fourth-order valence-electron chi connectivity index (χ4n) is 3.46. The first-order chi connectivity index (χ1) is 11.6. The van der Waals surface area contributed by atoms with Crippen LogP contribution in [0.1, 0.15) is 43.5 Å². The highest BCUT2D eigenvalue weighted by Crippen LogP contribution is 2.23. The molecule has 5 nitrogen and oxygen atoms in total. The van der Waals surface area contributed by atoms with Crippen LogP contribution in [0.2, 0.25) is 0 Å². The number of aromatic hydroxyl groups is 1. The van der Waals surface area contributed by atoms with Gasteiger partial charge in [0.05, 0.1) is 18.4 Å². The highest BCUT2D eigenvalue weighted by Gasteiger charge is 2.19. The summed E-state index contributed by atoms with van der Waals surface area (Å²) in [5.74, 6) is -0.213. The van der Waals surface area contributed by atoms with Gasteiger partial charge in [0.2, 0.25) is 5.43 Å². The predicted octanol–water partition coefficient (Wildman–Crippen LogP) is 2.76. The second-order valence-corrected chi connectivity index (χ2v) is 6.67. The van der Waals surface area contributed by atoms with Crippen molar-refractivity contribution in [2.24, 2.45) is 0 Å². The van der Waals surface area contributed by atoms with Crippen LogP contribution in [0, 0.1) is 0 Å². The smallest absolute Gasteiger partial charge is 0.223 e. The van der Waals surface area contributed by atoms with Crippen molar-refractivity contribution in [1.29, 1.82) is 0 Å². The summed E-state index contributed by atoms with van der Waals surface area (Å²) in [7, 11) is 2.12. The van der Waals surface area contributed by atoms with Crippen molar-refractivity contribution in [3.63, 3.8) is 0 Å². The summed E-state index contributed by atoms with van der Waals surface area (Å²) in [4.78, 5) is 18.6. The third kappa shape index (κ3) is 4.03. The van der Waals surface area contributed by atoms with E-state index in [0.717, 1.165) is 11.4 Å². The van der Waals surface area contributed by atoms with Crippen LogP contribution in [-0.2, 0) is 13.1 Å². The third-order valence-electron chi connectivity index (χ3n) is 4.87. The van der Waals surface area contributed by atoms with Gasteiger partial charge < -0.3 is 9.67 Å². The Kier molecular flexibility index (Phi) is 5.30. The monoisotopic (exact) mass is 327 g/mol. The van der Waals surface area contributed by atoms with Crippen LogP contribution in [0.4, 0.5) is 0 Å². The first-order valence-corrected chi connectivity index (χ1v) is 8.66. The van der Waals surface area contributed by atoms with Crippen molar-refractivity contribution in [3.05, 3.63) is 58.3 Å². The quantitative estimate of drug-likeness (QED) is 0.917. The van der Waals surface area contributed by atoms with Gasteiger partial charge in [0.25, 0.3) is 0 Å². The molecular weight excluding hydrogens is 302 g/mol. The molecule has 5 heteroatoms. The zero-order valence-electron chi connectivity index (χ0n) is 14.2. The van der Waals surface area contributed by atoms with E-state index in [1.807, 2.05) is 22.8 Å². The molecule has 1 N–H and O–H groups in total. The van der Waals surface area contributed by atoms with Crippen molar-refractivity contribution >= 4 is 0 Å². The lowest BCUT2D eigenvalue weighted by molar-refractivity contribution is 0.180. The van der Waals surface area contributed by atoms with Gasteiger partial charge in [-0.3, -0.25) is 14.7 Å². The minimum Gasteiger partial charge on any atom is -0.503 e. The van der Waals surface area contributed by atoms with Crippen molar-refractivity contribution in [1.82, 2.24) is 14.5 Å². The molecular formula is C19H25N3O2. The molecule has 24 heavy (non-hydrogen) atoms. The van der Waals surface area contributed by atoms with Crippen molar-refractivity contribution in [2.45, 2.75) is 51.2 Å². The number of hydrogen-bond acceptors (Lipinski definition) is 4. The molecule has 0 unspecified atom stereocenters. The fourth-order valence-corrected chi connectivity index (χ4v) is 3.46. The van der Waals surface area contributed by atoms with Crippen LogP contribution in [0.5, 0.6) is 5.75 Å². The van der Waals surface area contributed by atoms with Crippen LogP contribution in [0.25, 0.3) is 0 Å². The molecule has 0 aromatic carbocycles. The molecule has 2 aromatic rings. The Morgan fingerprint density at radius 1 is 1.29 bits per heavy atom. The van der Waals surface area contributed by atoms with Crippen molar-refractivity contribution in [3.8, 4) is 5.75 Å².